The van der Waals surface area contributed by atoms with E-state index >= 15 is 0 Å². The molecule has 1 aliphatic rings. The summed E-state index contributed by atoms with van der Waals surface area (Å²) in [6.07, 6.45) is 4.35. The summed E-state index contributed by atoms with van der Waals surface area (Å²) >= 11 is 0. The van der Waals surface area contributed by atoms with Crippen molar-refractivity contribution in [3.05, 3.63) is 59.0 Å². The molecule has 1 fully saturated rings. The number of aromatic nitrogens is 1. The Morgan fingerprint density at radius 3 is 2.70 bits per heavy atom. The summed E-state index contributed by atoms with van der Waals surface area (Å²) in [5.74, 6) is 1.62. The molecule has 1 saturated heterocycles. The second-order valence-electron chi connectivity index (χ2n) is 6.85. The fourth-order valence-electron chi connectivity index (χ4n) is 3.19. The monoisotopic (exact) mass is 369 g/mol. The summed E-state index contributed by atoms with van der Waals surface area (Å²) < 4.78 is 13.4. The second kappa shape index (κ2) is 9.35. The highest BCUT2D eigenvalue weighted by Gasteiger charge is 2.13. The van der Waals surface area contributed by atoms with E-state index in [1.165, 1.54) is 24.5 Å². The van der Waals surface area contributed by atoms with Gasteiger partial charge in [-0.15, -0.1) is 0 Å². The summed E-state index contributed by atoms with van der Waals surface area (Å²) in [5.41, 5.74) is 2.81. The van der Waals surface area contributed by atoms with Crippen LogP contribution in [0.3, 0.4) is 0 Å². The van der Waals surface area contributed by atoms with E-state index in [1.807, 2.05) is 25.3 Å². The van der Waals surface area contributed by atoms with Crippen molar-refractivity contribution in [2.75, 3.05) is 24.5 Å². The molecule has 5 nitrogen and oxygen atoms in total. The fourth-order valence-corrected chi connectivity index (χ4v) is 3.19. The summed E-state index contributed by atoms with van der Waals surface area (Å²) in [4.78, 5) is 11.4. The van der Waals surface area contributed by atoms with Gasteiger partial charge in [-0.25, -0.2) is 14.4 Å². The van der Waals surface area contributed by atoms with E-state index in [0.717, 1.165) is 37.0 Å². The van der Waals surface area contributed by atoms with E-state index in [2.05, 4.69) is 31.6 Å². The van der Waals surface area contributed by atoms with Crippen LogP contribution in [0.5, 0.6) is 0 Å². The van der Waals surface area contributed by atoms with Crippen LogP contribution in [0.1, 0.15) is 36.5 Å². The highest BCUT2D eigenvalue weighted by atomic mass is 19.1. The molecule has 0 amide bonds. The van der Waals surface area contributed by atoms with Crippen LogP contribution in [0.4, 0.5) is 10.2 Å². The van der Waals surface area contributed by atoms with E-state index in [1.54, 1.807) is 13.0 Å². The van der Waals surface area contributed by atoms with Crippen molar-refractivity contribution in [2.24, 2.45) is 4.99 Å². The van der Waals surface area contributed by atoms with Crippen molar-refractivity contribution in [3.8, 4) is 0 Å². The molecular weight excluding hydrogens is 341 g/mol. The minimum atomic E-state index is -0.181. The average Bonchev–Trinajstić information content (AvgIpc) is 3.22. The number of pyridine rings is 1. The first kappa shape index (κ1) is 19.1. The molecule has 2 aromatic rings. The first-order chi connectivity index (χ1) is 13.2. The van der Waals surface area contributed by atoms with Crippen LogP contribution >= 0.6 is 0 Å². The molecule has 2 N–H and O–H groups in total. The molecule has 0 unspecified atom stereocenters. The lowest BCUT2D eigenvalue weighted by atomic mass is 10.1. The predicted molar refractivity (Wildman–Crippen MR) is 108 cm³/mol. The van der Waals surface area contributed by atoms with Gasteiger partial charge in [-0.1, -0.05) is 12.1 Å². The van der Waals surface area contributed by atoms with Crippen LogP contribution in [0.25, 0.3) is 0 Å². The summed E-state index contributed by atoms with van der Waals surface area (Å²) in [6.45, 7) is 7.95. The third kappa shape index (κ3) is 5.42. The second-order valence-corrected chi connectivity index (χ2v) is 6.85. The molecule has 1 aromatic heterocycles. The zero-order valence-electron chi connectivity index (χ0n) is 16.1. The van der Waals surface area contributed by atoms with Crippen molar-refractivity contribution in [3.63, 3.8) is 0 Å². The minimum absolute atomic E-state index is 0.181. The number of nitrogens with zero attached hydrogens (tertiary/aromatic N) is 3. The van der Waals surface area contributed by atoms with Gasteiger partial charge in [0.05, 0.1) is 6.54 Å². The van der Waals surface area contributed by atoms with Crippen molar-refractivity contribution >= 4 is 11.8 Å². The van der Waals surface area contributed by atoms with E-state index in [9.17, 15) is 4.39 Å². The molecule has 0 saturated carbocycles. The molecule has 0 aliphatic carbocycles. The van der Waals surface area contributed by atoms with Gasteiger partial charge < -0.3 is 15.5 Å². The minimum Gasteiger partial charge on any atom is -0.357 e. The maximum Gasteiger partial charge on any atom is 0.191 e. The standard InChI is InChI=1S/C21H28FN5/c1-3-23-21(25-14-17-6-7-19(22)16(2)12-17)26-15-18-8-9-24-20(13-18)27-10-4-5-11-27/h6-9,12-13H,3-5,10-11,14-15H2,1-2H3,(H2,23,25,26). The van der Waals surface area contributed by atoms with Gasteiger partial charge in [-0.05, 0) is 61.6 Å². The molecule has 0 atom stereocenters. The number of halogens is 1. The highest BCUT2D eigenvalue weighted by Crippen LogP contribution is 2.18. The average molecular weight is 369 g/mol. The number of anilines is 1. The Morgan fingerprint density at radius 2 is 1.96 bits per heavy atom. The Bertz CT molecular complexity index is 784. The number of guanidine groups is 1. The number of nitrogens with one attached hydrogen (secondary N) is 2. The zero-order chi connectivity index (χ0) is 19.1. The van der Waals surface area contributed by atoms with Crippen LogP contribution < -0.4 is 15.5 Å². The van der Waals surface area contributed by atoms with Crippen molar-refractivity contribution < 1.29 is 4.39 Å². The Kier molecular flexibility index (Phi) is 6.63. The fraction of sp³-hybridized carbons (Fsp3) is 0.429. The van der Waals surface area contributed by atoms with Gasteiger partial charge in [-0.2, -0.15) is 0 Å². The van der Waals surface area contributed by atoms with Crippen LogP contribution in [0, 0.1) is 12.7 Å². The molecule has 3 rings (SSSR count). The first-order valence-corrected chi connectivity index (χ1v) is 9.63. The van der Waals surface area contributed by atoms with E-state index in [0.29, 0.717) is 18.7 Å². The molecule has 1 aliphatic heterocycles. The van der Waals surface area contributed by atoms with Crippen molar-refractivity contribution in [2.45, 2.75) is 39.8 Å². The van der Waals surface area contributed by atoms with Gasteiger partial charge in [0.1, 0.15) is 11.6 Å². The van der Waals surface area contributed by atoms with E-state index in [4.69, 9.17) is 0 Å². The number of rotatable bonds is 6. The van der Waals surface area contributed by atoms with Gasteiger partial charge in [0.2, 0.25) is 0 Å². The highest BCUT2D eigenvalue weighted by molar-refractivity contribution is 5.79. The molecular formula is C21H28FN5. The Morgan fingerprint density at radius 1 is 1.15 bits per heavy atom. The third-order valence-corrected chi connectivity index (χ3v) is 4.69. The Balaban J connectivity index is 1.62. The number of hydrogen-bond donors (Lipinski definition) is 2. The lowest BCUT2D eigenvalue weighted by Crippen LogP contribution is -2.36. The van der Waals surface area contributed by atoms with Gasteiger partial charge in [0.25, 0.3) is 0 Å². The van der Waals surface area contributed by atoms with Gasteiger partial charge in [-0.3, -0.25) is 0 Å². The Hall–Kier alpha value is -2.63. The quantitative estimate of drug-likeness (QED) is 0.605. The number of aliphatic imine (C=N–C) groups is 1. The summed E-state index contributed by atoms with van der Waals surface area (Å²) in [5, 5.41) is 6.63. The molecule has 0 spiro atoms. The van der Waals surface area contributed by atoms with Gasteiger partial charge >= 0.3 is 0 Å². The molecule has 0 bridgehead atoms. The van der Waals surface area contributed by atoms with E-state index < -0.39 is 0 Å². The molecule has 27 heavy (non-hydrogen) atoms. The van der Waals surface area contributed by atoms with E-state index in [-0.39, 0.29) is 5.82 Å². The lowest BCUT2D eigenvalue weighted by Gasteiger charge is -2.17. The maximum atomic E-state index is 13.4. The van der Waals surface area contributed by atoms with Gasteiger partial charge in [0, 0.05) is 32.4 Å². The number of benzene rings is 1. The molecule has 0 radical (unpaired) electrons. The molecule has 6 heteroatoms. The third-order valence-electron chi connectivity index (χ3n) is 4.69. The molecule has 2 heterocycles. The van der Waals surface area contributed by atoms with Crippen molar-refractivity contribution in [1.29, 1.82) is 0 Å². The van der Waals surface area contributed by atoms with Crippen LogP contribution in [-0.4, -0.2) is 30.6 Å². The normalized spacial score (nSPS) is 14.5. The maximum absolute atomic E-state index is 13.4. The predicted octanol–water partition coefficient (Wildman–Crippen LogP) is 3.38. The van der Waals surface area contributed by atoms with Gasteiger partial charge in [0.15, 0.2) is 5.96 Å². The smallest absolute Gasteiger partial charge is 0.191 e. The number of aryl methyl sites for hydroxylation is 1. The SMILES string of the molecule is CCNC(=NCc1ccc(F)c(C)c1)NCc1ccnc(N2CCCC2)c1. The Labute approximate surface area is 160 Å². The van der Waals surface area contributed by atoms with Crippen molar-refractivity contribution in [1.82, 2.24) is 15.6 Å². The lowest BCUT2D eigenvalue weighted by molar-refractivity contribution is 0.617. The zero-order valence-corrected chi connectivity index (χ0v) is 16.1. The summed E-state index contributed by atoms with van der Waals surface area (Å²) in [6, 6.07) is 9.29. The molecule has 144 valence electrons. The van der Waals surface area contributed by atoms with Crippen LogP contribution in [-0.2, 0) is 13.1 Å². The molecule has 1 aromatic carbocycles. The van der Waals surface area contributed by atoms with Crippen LogP contribution in [0.15, 0.2) is 41.5 Å². The topological polar surface area (TPSA) is 52.6 Å². The first-order valence-electron chi connectivity index (χ1n) is 9.63. The largest absolute Gasteiger partial charge is 0.357 e. The number of hydrogen-bond acceptors (Lipinski definition) is 3. The summed E-state index contributed by atoms with van der Waals surface area (Å²) in [7, 11) is 0. The van der Waals surface area contributed by atoms with Crippen LogP contribution in [0.2, 0.25) is 0 Å².